The molecule has 0 amide bonds. The molecule has 1 aliphatic heterocycles. The summed E-state index contributed by atoms with van der Waals surface area (Å²) in [6, 6.07) is 17.2. The first kappa shape index (κ1) is 12.5. The van der Waals surface area contributed by atoms with Gasteiger partial charge in [-0.05, 0) is 23.8 Å². The van der Waals surface area contributed by atoms with Crippen LogP contribution < -0.4 is 9.80 Å². The van der Waals surface area contributed by atoms with E-state index in [1.807, 2.05) is 0 Å². The highest BCUT2D eigenvalue weighted by Gasteiger charge is 2.22. The van der Waals surface area contributed by atoms with Crippen LogP contribution in [0.15, 0.2) is 48.5 Å². The Bertz CT molecular complexity index is 582. The van der Waals surface area contributed by atoms with E-state index in [-0.39, 0.29) is 0 Å². The molecule has 0 aromatic heterocycles. The number of alkyl halides is 1. The van der Waals surface area contributed by atoms with Crippen molar-refractivity contribution in [2.24, 2.45) is 0 Å². The molecule has 3 rings (SSSR count). The monoisotopic (exact) mass is 316 g/mol. The Morgan fingerprint density at radius 3 is 2.26 bits per heavy atom. The quantitative estimate of drug-likeness (QED) is 0.767. The van der Waals surface area contributed by atoms with Gasteiger partial charge in [-0.1, -0.05) is 46.3 Å². The molecule has 1 heterocycles. The summed E-state index contributed by atoms with van der Waals surface area (Å²) in [6.45, 7) is 2.07. The number of nitrogens with zero attached hydrogens (tertiary/aromatic N) is 2. The fraction of sp³-hybridized carbons (Fsp3) is 0.250. The standard InChI is InChI=1S/C16H17BrN2/c1-18-10-11-19(16-9-5-4-8-15(16)18)14-7-3-2-6-13(14)12-17/h2-9H,10-12H2,1H3. The van der Waals surface area contributed by atoms with Gasteiger partial charge in [-0.3, -0.25) is 0 Å². The third kappa shape index (κ3) is 2.23. The second-order valence-electron chi connectivity index (χ2n) is 4.82. The molecule has 2 nitrogen and oxygen atoms in total. The Morgan fingerprint density at radius 1 is 0.895 bits per heavy atom. The molecule has 0 bridgehead atoms. The van der Waals surface area contributed by atoms with Gasteiger partial charge in [0, 0.05) is 31.2 Å². The Hall–Kier alpha value is -1.48. The van der Waals surface area contributed by atoms with Gasteiger partial charge in [0.2, 0.25) is 0 Å². The molecule has 0 unspecified atom stereocenters. The van der Waals surface area contributed by atoms with Crippen molar-refractivity contribution in [2.75, 3.05) is 29.9 Å². The molecule has 2 aromatic carbocycles. The zero-order chi connectivity index (χ0) is 13.2. The lowest BCUT2D eigenvalue weighted by atomic mass is 10.1. The first-order valence-electron chi connectivity index (χ1n) is 6.53. The average molecular weight is 317 g/mol. The van der Waals surface area contributed by atoms with E-state index in [9.17, 15) is 0 Å². The molecule has 0 spiro atoms. The topological polar surface area (TPSA) is 6.48 Å². The van der Waals surface area contributed by atoms with Crippen LogP contribution in [0.4, 0.5) is 17.1 Å². The van der Waals surface area contributed by atoms with Gasteiger partial charge in [0.25, 0.3) is 0 Å². The van der Waals surface area contributed by atoms with E-state index in [2.05, 4.69) is 81.3 Å². The van der Waals surface area contributed by atoms with Crippen LogP contribution in [0.3, 0.4) is 0 Å². The highest BCUT2D eigenvalue weighted by molar-refractivity contribution is 9.08. The molecular formula is C16H17BrN2. The van der Waals surface area contributed by atoms with Crippen LogP contribution in [0.5, 0.6) is 0 Å². The van der Waals surface area contributed by atoms with E-state index in [1.54, 1.807) is 0 Å². The number of halogens is 1. The van der Waals surface area contributed by atoms with Crippen molar-refractivity contribution in [1.82, 2.24) is 0 Å². The van der Waals surface area contributed by atoms with Gasteiger partial charge in [0.05, 0.1) is 11.4 Å². The highest BCUT2D eigenvalue weighted by atomic mass is 79.9. The number of para-hydroxylation sites is 3. The van der Waals surface area contributed by atoms with Crippen molar-refractivity contribution in [3.63, 3.8) is 0 Å². The summed E-state index contributed by atoms with van der Waals surface area (Å²) in [7, 11) is 2.16. The van der Waals surface area contributed by atoms with Gasteiger partial charge >= 0.3 is 0 Å². The summed E-state index contributed by atoms with van der Waals surface area (Å²) >= 11 is 3.59. The number of hydrogen-bond acceptors (Lipinski definition) is 2. The summed E-state index contributed by atoms with van der Waals surface area (Å²) in [5.41, 5.74) is 5.24. The van der Waals surface area contributed by atoms with E-state index >= 15 is 0 Å². The van der Waals surface area contributed by atoms with E-state index in [1.165, 1.54) is 22.6 Å². The van der Waals surface area contributed by atoms with Gasteiger partial charge in [-0.2, -0.15) is 0 Å². The minimum absolute atomic E-state index is 0.887. The normalized spacial score (nSPS) is 14.4. The van der Waals surface area contributed by atoms with Gasteiger partial charge in [0.1, 0.15) is 0 Å². The van der Waals surface area contributed by atoms with Crippen LogP contribution in [0, 0.1) is 0 Å². The largest absolute Gasteiger partial charge is 0.371 e. The summed E-state index contributed by atoms with van der Waals surface area (Å²) in [6.07, 6.45) is 0. The van der Waals surface area contributed by atoms with Crippen molar-refractivity contribution >= 4 is 33.0 Å². The SMILES string of the molecule is CN1CCN(c2ccccc2CBr)c2ccccc21. The van der Waals surface area contributed by atoms with Gasteiger partial charge in [-0.15, -0.1) is 0 Å². The summed E-state index contributed by atoms with van der Waals surface area (Å²) in [5, 5.41) is 0.887. The second-order valence-corrected chi connectivity index (χ2v) is 5.38. The van der Waals surface area contributed by atoms with Gasteiger partial charge in [-0.25, -0.2) is 0 Å². The summed E-state index contributed by atoms with van der Waals surface area (Å²) in [5.74, 6) is 0. The molecule has 0 N–H and O–H groups in total. The minimum atomic E-state index is 0.887. The molecule has 1 aliphatic rings. The average Bonchev–Trinajstić information content (AvgIpc) is 2.48. The molecule has 98 valence electrons. The Morgan fingerprint density at radius 2 is 1.53 bits per heavy atom. The number of rotatable bonds is 2. The van der Waals surface area contributed by atoms with Crippen molar-refractivity contribution in [1.29, 1.82) is 0 Å². The Kier molecular flexibility index (Phi) is 3.47. The zero-order valence-corrected chi connectivity index (χ0v) is 12.6. The second kappa shape index (κ2) is 5.25. The molecule has 0 saturated heterocycles. The van der Waals surface area contributed by atoms with Crippen LogP contribution in [-0.4, -0.2) is 20.1 Å². The molecule has 3 heteroatoms. The Labute approximate surface area is 122 Å². The van der Waals surface area contributed by atoms with Gasteiger partial charge < -0.3 is 9.80 Å². The lowest BCUT2D eigenvalue weighted by molar-refractivity contribution is 0.820. The zero-order valence-electron chi connectivity index (χ0n) is 11.0. The Balaban J connectivity index is 2.10. The molecule has 0 aliphatic carbocycles. The molecule has 19 heavy (non-hydrogen) atoms. The molecule has 0 atom stereocenters. The highest BCUT2D eigenvalue weighted by Crippen LogP contribution is 2.38. The number of likely N-dealkylation sites (N-methyl/N-ethyl adjacent to an activating group) is 1. The number of benzene rings is 2. The smallest absolute Gasteiger partial charge is 0.0649 e. The molecule has 0 radical (unpaired) electrons. The maximum atomic E-state index is 3.59. The van der Waals surface area contributed by atoms with E-state index in [4.69, 9.17) is 0 Å². The van der Waals surface area contributed by atoms with E-state index in [0.717, 1.165) is 18.4 Å². The van der Waals surface area contributed by atoms with Crippen molar-refractivity contribution in [3.05, 3.63) is 54.1 Å². The van der Waals surface area contributed by atoms with E-state index < -0.39 is 0 Å². The molecule has 0 saturated carbocycles. The predicted molar refractivity (Wildman–Crippen MR) is 85.8 cm³/mol. The molecular weight excluding hydrogens is 300 g/mol. The van der Waals surface area contributed by atoms with Crippen molar-refractivity contribution in [2.45, 2.75) is 5.33 Å². The van der Waals surface area contributed by atoms with Crippen LogP contribution in [0.2, 0.25) is 0 Å². The van der Waals surface area contributed by atoms with Crippen molar-refractivity contribution < 1.29 is 0 Å². The van der Waals surface area contributed by atoms with E-state index in [0.29, 0.717) is 0 Å². The molecule has 2 aromatic rings. The number of hydrogen-bond donors (Lipinski definition) is 0. The van der Waals surface area contributed by atoms with Crippen LogP contribution in [-0.2, 0) is 5.33 Å². The van der Waals surface area contributed by atoms with Crippen molar-refractivity contribution in [3.8, 4) is 0 Å². The van der Waals surface area contributed by atoms with Crippen LogP contribution in [0.25, 0.3) is 0 Å². The first-order valence-corrected chi connectivity index (χ1v) is 7.65. The van der Waals surface area contributed by atoms with Gasteiger partial charge in [0.15, 0.2) is 0 Å². The third-order valence-electron chi connectivity index (χ3n) is 3.67. The predicted octanol–water partition coefficient (Wildman–Crippen LogP) is 4.17. The van der Waals surface area contributed by atoms with Crippen LogP contribution >= 0.6 is 15.9 Å². The fourth-order valence-corrected chi connectivity index (χ4v) is 3.12. The number of anilines is 3. The number of fused-ring (bicyclic) bond motifs is 1. The maximum Gasteiger partial charge on any atom is 0.0649 e. The third-order valence-corrected chi connectivity index (χ3v) is 4.27. The lowest BCUT2D eigenvalue weighted by Gasteiger charge is -2.37. The summed E-state index contributed by atoms with van der Waals surface area (Å²) < 4.78 is 0. The first-order chi connectivity index (χ1) is 9.31. The summed E-state index contributed by atoms with van der Waals surface area (Å²) in [4.78, 5) is 4.74. The molecule has 0 fully saturated rings. The fourth-order valence-electron chi connectivity index (χ4n) is 2.64. The maximum absolute atomic E-state index is 3.59. The lowest BCUT2D eigenvalue weighted by Crippen LogP contribution is -2.36. The van der Waals surface area contributed by atoms with Crippen LogP contribution in [0.1, 0.15) is 5.56 Å². The minimum Gasteiger partial charge on any atom is -0.371 e.